The van der Waals surface area contributed by atoms with Gasteiger partial charge in [0.1, 0.15) is 5.82 Å². The number of benzene rings is 1. The second-order valence-corrected chi connectivity index (χ2v) is 5.35. The van der Waals surface area contributed by atoms with E-state index in [1.807, 2.05) is 18.7 Å². The Hall–Kier alpha value is -1.17. The molecule has 2 atom stereocenters. The van der Waals surface area contributed by atoms with Gasteiger partial charge in [-0.2, -0.15) is 0 Å². The third kappa shape index (κ3) is 3.43. The molecule has 0 amide bonds. The molecule has 2 unspecified atom stereocenters. The molecule has 1 aromatic rings. The van der Waals surface area contributed by atoms with Crippen LogP contribution in [0.4, 0.5) is 10.1 Å². The summed E-state index contributed by atoms with van der Waals surface area (Å²) in [4.78, 5) is 1.89. The summed E-state index contributed by atoms with van der Waals surface area (Å²) in [6.07, 6.45) is -1.48. The summed E-state index contributed by atoms with van der Waals surface area (Å²) in [5.41, 5.74) is 1.71. The Kier molecular flexibility index (Phi) is 4.39. The monoisotopic (exact) mass is 268 g/mol. The second kappa shape index (κ2) is 5.86. The van der Waals surface area contributed by atoms with Crippen LogP contribution in [0.3, 0.4) is 0 Å². The van der Waals surface area contributed by atoms with Crippen molar-refractivity contribution in [3.8, 4) is 0 Å². The maximum Gasteiger partial charge on any atom is 0.123 e. The lowest BCUT2D eigenvalue weighted by atomic mass is 10.1. The topological polar surface area (TPSA) is 55.7 Å². The summed E-state index contributed by atoms with van der Waals surface area (Å²) >= 11 is 0. The van der Waals surface area contributed by atoms with Crippen molar-refractivity contribution >= 4 is 5.69 Å². The van der Waals surface area contributed by atoms with Crippen LogP contribution in [-0.2, 0) is 6.54 Å². The van der Waals surface area contributed by atoms with Crippen molar-refractivity contribution in [1.82, 2.24) is 5.32 Å². The number of rotatable bonds is 4. The van der Waals surface area contributed by atoms with Crippen LogP contribution in [-0.4, -0.2) is 41.6 Å². The minimum absolute atomic E-state index is 0.274. The van der Waals surface area contributed by atoms with Gasteiger partial charge >= 0.3 is 0 Å². The molecule has 5 heteroatoms. The van der Waals surface area contributed by atoms with Crippen molar-refractivity contribution in [3.05, 3.63) is 29.6 Å². The van der Waals surface area contributed by atoms with E-state index in [-0.39, 0.29) is 5.82 Å². The van der Waals surface area contributed by atoms with E-state index < -0.39 is 12.2 Å². The molecule has 19 heavy (non-hydrogen) atoms. The van der Waals surface area contributed by atoms with Crippen molar-refractivity contribution in [1.29, 1.82) is 0 Å². The lowest BCUT2D eigenvalue weighted by molar-refractivity contribution is 0.0572. The van der Waals surface area contributed by atoms with Crippen LogP contribution in [0.25, 0.3) is 0 Å². The summed E-state index contributed by atoms with van der Waals surface area (Å²) in [5.74, 6) is -0.274. The van der Waals surface area contributed by atoms with Gasteiger partial charge in [0.25, 0.3) is 0 Å². The normalized spacial score (nSPS) is 23.4. The fraction of sp³-hybridized carbons (Fsp3) is 0.571. The average molecular weight is 268 g/mol. The number of anilines is 1. The Bertz CT molecular complexity index is 429. The van der Waals surface area contributed by atoms with Crippen molar-refractivity contribution in [2.24, 2.45) is 0 Å². The van der Waals surface area contributed by atoms with Gasteiger partial charge in [0.15, 0.2) is 0 Å². The number of aliphatic hydroxyl groups excluding tert-OH is 2. The quantitative estimate of drug-likeness (QED) is 0.758. The van der Waals surface area contributed by atoms with E-state index in [0.717, 1.165) is 11.3 Å². The molecule has 0 radical (unpaired) electrons. The SMILES string of the molecule is CC(C)NCc1cc(F)ccc1N1CC(O)C(O)C1. The van der Waals surface area contributed by atoms with Crippen molar-refractivity contribution < 1.29 is 14.6 Å². The van der Waals surface area contributed by atoms with Crippen LogP contribution >= 0.6 is 0 Å². The minimum atomic E-state index is -0.740. The van der Waals surface area contributed by atoms with Crippen molar-refractivity contribution in [2.45, 2.75) is 38.6 Å². The highest BCUT2D eigenvalue weighted by molar-refractivity contribution is 5.55. The smallest absolute Gasteiger partial charge is 0.123 e. The third-order valence-corrected chi connectivity index (χ3v) is 3.34. The van der Waals surface area contributed by atoms with Crippen LogP contribution in [0, 0.1) is 5.82 Å². The predicted octanol–water partition coefficient (Wildman–Crippen LogP) is 0.865. The molecule has 0 aliphatic carbocycles. The molecule has 3 N–H and O–H groups in total. The van der Waals surface area contributed by atoms with E-state index in [2.05, 4.69) is 5.32 Å². The summed E-state index contributed by atoms with van der Waals surface area (Å²) in [5, 5.41) is 22.5. The Morgan fingerprint density at radius 1 is 1.32 bits per heavy atom. The molecule has 4 nitrogen and oxygen atoms in total. The highest BCUT2D eigenvalue weighted by Gasteiger charge is 2.30. The predicted molar refractivity (Wildman–Crippen MR) is 72.6 cm³/mol. The first-order valence-corrected chi connectivity index (χ1v) is 6.60. The van der Waals surface area contributed by atoms with Crippen molar-refractivity contribution in [2.75, 3.05) is 18.0 Å². The zero-order valence-electron chi connectivity index (χ0n) is 11.3. The lowest BCUT2D eigenvalue weighted by Gasteiger charge is -2.22. The van der Waals surface area contributed by atoms with Gasteiger partial charge in [-0.25, -0.2) is 4.39 Å². The molecule has 1 aromatic carbocycles. The van der Waals surface area contributed by atoms with Crippen LogP contribution in [0.15, 0.2) is 18.2 Å². The van der Waals surface area contributed by atoms with Crippen LogP contribution < -0.4 is 10.2 Å². The largest absolute Gasteiger partial charge is 0.389 e. The fourth-order valence-electron chi connectivity index (χ4n) is 2.28. The van der Waals surface area contributed by atoms with E-state index in [9.17, 15) is 14.6 Å². The average Bonchev–Trinajstić information content (AvgIpc) is 2.67. The molecule has 1 fully saturated rings. The van der Waals surface area contributed by atoms with E-state index in [1.54, 1.807) is 6.07 Å². The molecule has 2 rings (SSSR count). The summed E-state index contributed by atoms with van der Waals surface area (Å²) in [7, 11) is 0. The van der Waals surface area contributed by atoms with E-state index >= 15 is 0 Å². The molecule has 0 bridgehead atoms. The van der Waals surface area contributed by atoms with Gasteiger partial charge in [-0.05, 0) is 23.8 Å². The molecule has 106 valence electrons. The van der Waals surface area contributed by atoms with Gasteiger partial charge in [-0.1, -0.05) is 13.8 Å². The van der Waals surface area contributed by atoms with Crippen LogP contribution in [0.5, 0.6) is 0 Å². The van der Waals surface area contributed by atoms with Gasteiger partial charge in [0.2, 0.25) is 0 Å². The maximum absolute atomic E-state index is 13.4. The number of aliphatic hydroxyl groups is 2. The van der Waals surface area contributed by atoms with Gasteiger partial charge < -0.3 is 20.4 Å². The summed E-state index contributed by atoms with van der Waals surface area (Å²) < 4.78 is 13.4. The Morgan fingerprint density at radius 3 is 2.53 bits per heavy atom. The highest BCUT2D eigenvalue weighted by Crippen LogP contribution is 2.26. The molecule has 1 aliphatic heterocycles. The molecule has 0 saturated carbocycles. The van der Waals surface area contributed by atoms with Gasteiger partial charge in [-0.15, -0.1) is 0 Å². The molecule has 1 aliphatic rings. The zero-order valence-corrected chi connectivity index (χ0v) is 11.3. The Morgan fingerprint density at radius 2 is 1.95 bits per heavy atom. The van der Waals surface area contributed by atoms with Crippen molar-refractivity contribution in [3.63, 3.8) is 0 Å². The lowest BCUT2D eigenvalue weighted by Crippen LogP contribution is -2.26. The molecule has 0 aromatic heterocycles. The maximum atomic E-state index is 13.4. The molecule has 1 heterocycles. The van der Waals surface area contributed by atoms with Gasteiger partial charge in [-0.3, -0.25) is 0 Å². The molecular formula is C14H21FN2O2. The minimum Gasteiger partial charge on any atom is -0.389 e. The zero-order chi connectivity index (χ0) is 14.0. The van der Waals surface area contributed by atoms with Gasteiger partial charge in [0, 0.05) is 31.4 Å². The summed E-state index contributed by atoms with van der Waals surface area (Å²) in [6, 6.07) is 4.93. The first kappa shape index (κ1) is 14.2. The van der Waals surface area contributed by atoms with E-state index in [1.165, 1.54) is 12.1 Å². The van der Waals surface area contributed by atoms with Crippen LogP contribution in [0.1, 0.15) is 19.4 Å². The number of nitrogens with zero attached hydrogens (tertiary/aromatic N) is 1. The van der Waals surface area contributed by atoms with Gasteiger partial charge in [0.05, 0.1) is 12.2 Å². The third-order valence-electron chi connectivity index (χ3n) is 3.34. The first-order chi connectivity index (χ1) is 8.97. The standard InChI is InChI=1S/C14H21FN2O2/c1-9(2)16-6-10-5-11(15)3-4-12(10)17-7-13(18)14(19)8-17/h3-5,9,13-14,16,18-19H,6-8H2,1-2H3. The molecular weight excluding hydrogens is 247 g/mol. The summed E-state index contributed by atoms with van der Waals surface area (Å²) in [6.45, 7) is 5.38. The number of β-amino-alcohol motifs (C(OH)–C–C–N with tert-alkyl or cyclic N) is 2. The number of nitrogens with one attached hydrogen (secondary N) is 1. The molecule has 0 spiro atoms. The highest BCUT2D eigenvalue weighted by atomic mass is 19.1. The fourth-order valence-corrected chi connectivity index (χ4v) is 2.28. The van der Waals surface area contributed by atoms with E-state index in [4.69, 9.17) is 0 Å². The number of hydrogen-bond donors (Lipinski definition) is 3. The Balaban J connectivity index is 2.19. The second-order valence-electron chi connectivity index (χ2n) is 5.35. The van der Waals surface area contributed by atoms with E-state index in [0.29, 0.717) is 25.7 Å². The Labute approximate surface area is 112 Å². The number of halogens is 1. The first-order valence-electron chi connectivity index (χ1n) is 6.60. The number of hydrogen-bond acceptors (Lipinski definition) is 4. The molecule has 1 saturated heterocycles. The van der Waals surface area contributed by atoms with Crippen LogP contribution in [0.2, 0.25) is 0 Å².